The van der Waals surface area contributed by atoms with E-state index in [1.165, 1.54) is 12.5 Å². The number of allylic oxidation sites excluding steroid dienone is 1. The highest BCUT2D eigenvalue weighted by Crippen LogP contribution is 2.23. The molecule has 0 aromatic rings. The molecule has 15 heavy (non-hydrogen) atoms. The van der Waals surface area contributed by atoms with E-state index in [2.05, 4.69) is 11.9 Å². The minimum atomic E-state index is -0.0568. The van der Waals surface area contributed by atoms with Gasteiger partial charge < -0.3 is 19.5 Å². The molecule has 0 aromatic carbocycles. The standard InChI is InChI=1S/C11H15NO3/c1-2-3-9-11(15-7-6-14-9)10-8-12-4-5-13-10/h2,6-7,10,12H,1,3-5,8H2. The van der Waals surface area contributed by atoms with Gasteiger partial charge >= 0.3 is 0 Å². The van der Waals surface area contributed by atoms with Crippen molar-refractivity contribution in [1.29, 1.82) is 0 Å². The first kappa shape index (κ1) is 10.3. The average Bonchev–Trinajstić information content (AvgIpc) is 2.31. The van der Waals surface area contributed by atoms with Crippen LogP contribution in [0, 0.1) is 0 Å². The fourth-order valence-corrected chi connectivity index (χ4v) is 1.60. The number of hydrogen-bond acceptors (Lipinski definition) is 4. The van der Waals surface area contributed by atoms with Crippen molar-refractivity contribution in [3.63, 3.8) is 0 Å². The van der Waals surface area contributed by atoms with E-state index in [0.717, 1.165) is 24.6 Å². The summed E-state index contributed by atoms with van der Waals surface area (Å²) in [6, 6.07) is 0. The summed E-state index contributed by atoms with van der Waals surface area (Å²) in [5.41, 5.74) is 0. The normalized spacial score (nSPS) is 25.7. The summed E-state index contributed by atoms with van der Waals surface area (Å²) < 4.78 is 16.4. The minimum absolute atomic E-state index is 0.0568. The largest absolute Gasteiger partial charge is 0.462 e. The van der Waals surface area contributed by atoms with Gasteiger partial charge in [-0.3, -0.25) is 0 Å². The van der Waals surface area contributed by atoms with Crippen LogP contribution in [0.25, 0.3) is 0 Å². The second-order valence-electron chi connectivity index (χ2n) is 3.35. The highest BCUT2D eigenvalue weighted by atomic mass is 16.6. The fourth-order valence-electron chi connectivity index (χ4n) is 1.60. The van der Waals surface area contributed by atoms with Crippen LogP contribution in [0.1, 0.15) is 6.42 Å². The van der Waals surface area contributed by atoms with Crippen LogP contribution in [0.2, 0.25) is 0 Å². The predicted molar refractivity (Wildman–Crippen MR) is 55.8 cm³/mol. The quantitative estimate of drug-likeness (QED) is 0.711. The summed E-state index contributed by atoms with van der Waals surface area (Å²) in [4.78, 5) is 0. The summed E-state index contributed by atoms with van der Waals surface area (Å²) in [7, 11) is 0. The Morgan fingerprint density at radius 3 is 3.07 bits per heavy atom. The van der Waals surface area contributed by atoms with Crippen LogP contribution in [0.15, 0.2) is 36.7 Å². The zero-order chi connectivity index (χ0) is 10.5. The SMILES string of the molecule is C=CCC1=C(C2CNCCO2)OC=CO1. The van der Waals surface area contributed by atoms with E-state index < -0.39 is 0 Å². The smallest absolute Gasteiger partial charge is 0.172 e. The number of hydrogen-bond donors (Lipinski definition) is 1. The van der Waals surface area contributed by atoms with E-state index in [-0.39, 0.29) is 6.10 Å². The Hall–Kier alpha value is -1.26. The van der Waals surface area contributed by atoms with Crippen LogP contribution in [0.4, 0.5) is 0 Å². The fraction of sp³-hybridized carbons (Fsp3) is 0.455. The molecule has 1 fully saturated rings. The third kappa shape index (κ3) is 2.40. The highest BCUT2D eigenvalue weighted by molar-refractivity contribution is 5.15. The van der Waals surface area contributed by atoms with E-state index in [1.54, 1.807) is 6.08 Å². The second-order valence-corrected chi connectivity index (χ2v) is 3.35. The molecule has 82 valence electrons. The molecular weight excluding hydrogens is 194 g/mol. The van der Waals surface area contributed by atoms with Gasteiger partial charge in [-0.1, -0.05) is 6.08 Å². The van der Waals surface area contributed by atoms with Gasteiger partial charge in [-0.05, 0) is 0 Å². The van der Waals surface area contributed by atoms with Gasteiger partial charge in [0.25, 0.3) is 0 Å². The molecule has 1 atom stereocenters. The third-order valence-corrected chi connectivity index (χ3v) is 2.29. The van der Waals surface area contributed by atoms with E-state index in [1.807, 2.05) is 0 Å². The molecule has 0 amide bonds. The molecule has 0 aromatic heterocycles. The summed E-state index contributed by atoms with van der Waals surface area (Å²) in [5, 5.41) is 3.25. The van der Waals surface area contributed by atoms with Crippen molar-refractivity contribution in [3.8, 4) is 0 Å². The maximum atomic E-state index is 5.60. The monoisotopic (exact) mass is 209 g/mol. The Kier molecular flexibility index (Phi) is 3.42. The van der Waals surface area contributed by atoms with Crippen LogP contribution < -0.4 is 5.32 Å². The summed E-state index contributed by atoms with van der Waals surface area (Å²) in [6.45, 7) is 6.02. The third-order valence-electron chi connectivity index (χ3n) is 2.29. The molecule has 0 aliphatic carbocycles. The lowest BCUT2D eigenvalue weighted by molar-refractivity contribution is 0.0138. The van der Waals surface area contributed by atoms with Crippen molar-refractivity contribution in [2.75, 3.05) is 19.7 Å². The summed E-state index contributed by atoms with van der Waals surface area (Å²) >= 11 is 0. The molecule has 1 saturated heterocycles. The Balaban J connectivity index is 2.10. The molecule has 1 unspecified atom stereocenters. The lowest BCUT2D eigenvalue weighted by Crippen LogP contribution is -2.40. The lowest BCUT2D eigenvalue weighted by Gasteiger charge is -2.27. The van der Waals surface area contributed by atoms with Crippen LogP contribution >= 0.6 is 0 Å². The van der Waals surface area contributed by atoms with Crippen molar-refractivity contribution in [1.82, 2.24) is 5.32 Å². The molecule has 0 radical (unpaired) electrons. The molecule has 4 nitrogen and oxygen atoms in total. The molecule has 0 spiro atoms. The Morgan fingerprint density at radius 2 is 2.33 bits per heavy atom. The Morgan fingerprint density at radius 1 is 1.47 bits per heavy atom. The second kappa shape index (κ2) is 5.00. The number of nitrogens with one attached hydrogen (secondary N) is 1. The molecule has 0 bridgehead atoms. The first-order valence-electron chi connectivity index (χ1n) is 5.06. The topological polar surface area (TPSA) is 39.7 Å². The summed E-state index contributed by atoms with van der Waals surface area (Å²) in [6.07, 6.45) is 5.44. The van der Waals surface area contributed by atoms with Crippen molar-refractivity contribution in [2.24, 2.45) is 0 Å². The van der Waals surface area contributed by atoms with Gasteiger partial charge in [0.15, 0.2) is 5.76 Å². The van der Waals surface area contributed by atoms with Gasteiger partial charge in [-0.15, -0.1) is 6.58 Å². The van der Waals surface area contributed by atoms with Crippen LogP contribution in [-0.4, -0.2) is 25.8 Å². The first-order chi connectivity index (χ1) is 7.42. The summed E-state index contributed by atoms with van der Waals surface area (Å²) in [5.74, 6) is 1.53. The molecule has 1 N–H and O–H groups in total. The van der Waals surface area contributed by atoms with Crippen LogP contribution in [0.3, 0.4) is 0 Å². The van der Waals surface area contributed by atoms with Gasteiger partial charge in [0.2, 0.25) is 0 Å². The van der Waals surface area contributed by atoms with Crippen molar-refractivity contribution >= 4 is 0 Å². The van der Waals surface area contributed by atoms with E-state index in [4.69, 9.17) is 14.2 Å². The highest BCUT2D eigenvalue weighted by Gasteiger charge is 2.25. The molecule has 2 aliphatic rings. The minimum Gasteiger partial charge on any atom is -0.462 e. The number of rotatable bonds is 3. The van der Waals surface area contributed by atoms with E-state index in [0.29, 0.717) is 13.0 Å². The number of morpholine rings is 1. The maximum absolute atomic E-state index is 5.60. The Labute approximate surface area is 89.2 Å². The van der Waals surface area contributed by atoms with Gasteiger partial charge in [-0.2, -0.15) is 0 Å². The molecule has 2 rings (SSSR count). The van der Waals surface area contributed by atoms with Gasteiger partial charge in [-0.25, -0.2) is 0 Å². The van der Waals surface area contributed by atoms with Gasteiger partial charge in [0.1, 0.15) is 24.4 Å². The van der Waals surface area contributed by atoms with Crippen molar-refractivity contribution < 1.29 is 14.2 Å². The maximum Gasteiger partial charge on any atom is 0.172 e. The van der Waals surface area contributed by atoms with Crippen molar-refractivity contribution in [2.45, 2.75) is 12.5 Å². The average molecular weight is 209 g/mol. The van der Waals surface area contributed by atoms with Gasteiger partial charge in [0.05, 0.1) is 6.61 Å². The van der Waals surface area contributed by atoms with E-state index >= 15 is 0 Å². The zero-order valence-electron chi connectivity index (χ0n) is 8.57. The van der Waals surface area contributed by atoms with Crippen LogP contribution in [-0.2, 0) is 14.2 Å². The molecular formula is C11H15NO3. The number of ether oxygens (including phenoxy) is 3. The predicted octanol–water partition coefficient (Wildman–Crippen LogP) is 1.28. The zero-order valence-corrected chi connectivity index (χ0v) is 8.57. The van der Waals surface area contributed by atoms with E-state index in [9.17, 15) is 0 Å². The first-order valence-corrected chi connectivity index (χ1v) is 5.06. The molecule has 4 heteroatoms. The molecule has 2 heterocycles. The Bertz CT molecular complexity index is 286. The molecule has 2 aliphatic heterocycles. The molecule has 0 saturated carbocycles. The lowest BCUT2D eigenvalue weighted by atomic mass is 10.2. The van der Waals surface area contributed by atoms with Gasteiger partial charge in [0, 0.05) is 19.5 Å². The van der Waals surface area contributed by atoms with Crippen molar-refractivity contribution in [3.05, 3.63) is 36.7 Å². The van der Waals surface area contributed by atoms with Crippen LogP contribution in [0.5, 0.6) is 0 Å².